The Morgan fingerprint density at radius 3 is 2.62 bits per heavy atom. The van der Waals surface area contributed by atoms with Crippen molar-refractivity contribution in [1.29, 1.82) is 0 Å². The number of nitrogens with one attached hydrogen (secondary N) is 1. The minimum atomic E-state index is -0.498. The third-order valence-electron chi connectivity index (χ3n) is 4.50. The number of hydrazone groups is 1. The highest BCUT2D eigenvalue weighted by molar-refractivity contribution is 9.10. The molecule has 1 heterocycles. The molecule has 3 aromatic rings. The van der Waals surface area contributed by atoms with Crippen molar-refractivity contribution >= 4 is 33.7 Å². The SMILES string of the molecule is Cc1cc(/C=N/NC(=O)Cc2ccccc2[N+](=O)[O-])c(C)n1-c1ccccc1Br. The molecule has 2 aromatic carbocycles. The van der Waals surface area contributed by atoms with E-state index < -0.39 is 10.8 Å². The number of amides is 1. The van der Waals surface area contributed by atoms with Gasteiger partial charge in [-0.3, -0.25) is 14.9 Å². The molecule has 0 atom stereocenters. The van der Waals surface area contributed by atoms with Crippen molar-refractivity contribution in [3.8, 4) is 5.69 Å². The Morgan fingerprint density at radius 1 is 1.21 bits per heavy atom. The minimum absolute atomic E-state index is 0.0800. The standard InChI is InChI=1S/C21H19BrN4O3/c1-14-11-17(15(2)25(14)20-10-6-4-8-18(20)22)13-23-24-21(27)12-16-7-3-5-9-19(16)26(28)29/h3-11,13H,12H2,1-2H3,(H,24,27)/b23-13+. The van der Waals surface area contributed by atoms with Gasteiger partial charge in [-0.15, -0.1) is 0 Å². The van der Waals surface area contributed by atoms with Crippen LogP contribution >= 0.6 is 15.9 Å². The molecule has 0 fully saturated rings. The van der Waals surface area contributed by atoms with E-state index in [1.165, 1.54) is 6.07 Å². The molecule has 0 saturated carbocycles. The Hall–Kier alpha value is -3.26. The molecule has 148 valence electrons. The lowest BCUT2D eigenvalue weighted by Gasteiger charge is -2.11. The van der Waals surface area contributed by atoms with Gasteiger partial charge in [0.1, 0.15) is 0 Å². The molecule has 29 heavy (non-hydrogen) atoms. The Morgan fingerprint density at radius 2 is 1.90 bits per heavy atom. The van der Waals surface area contributed by atoms with E-state index in [1.54, 1.807) is 24.4 Å². The van der Waals surface area contributed by atoms with Gasteiger partial charge in [-0.05, 0) is 48.0 Å². The number of aryl methyl sites for hydroxylation is 1. The van der Waals surface area contributed by atoms with Crippen LogP contribution in [0.2, 0.25) is 0 Å². The van der Waals surface area contributed by atoms with Crippen molar-refractivity contribution < 1.29 is 9.72 Å². The first-order valence-corrected chi connectivity index (χ1v) is 9.66. The normalized spacial score (nSPS) is 11.0. The monoisotopic (exact) mass is 454 g/mol. The fourth-order valence-electron chi connectivity index (χ4n) is 3.15. The zero-order chi connectivity index (χ0) is 21.0. The van der Waals surface area contributed by atoms with E-state index in [9.17, 15) is 14.9 Å². The van der Waals surface area contributed by atoms with Gasteiger partial charge in [-0.25, -0.2) is 5.43 Å². The summed E-state index contributed by atoms with van der Waals surface area (Å²) in [6.45, 7) is 3.97. The number of hydrogen-bond donors (Lipinski definition) is 1. The molecule has 0 aliphatic rings. The maximum absolute atomic E-state index is 12.1. The summed E-state index contributed by atoms with van der Waals surface area (Å²) < 4.78 is 3.07. The number of hydrogen-bond acceptors (Lipinski definition) is 4. The molecule has 0 aliphatic heterocycles. The number of nitro benzene ring substituents is 1. The van der Waals surface area contributed by atoms with Gasteiger partial charge in [-0.2, -0.15) is 5.10 Å². The van der Waals surface area contributed by atoms with Crippen LogP contribution in [0.25, 0.3) is 5.69 Å². The number of halogens is 1. The number of carbonyl (C=O) groups excluding carboxylic acids is 1. The highest BCUT2D eigenvalue weighted by Gasteiger charge is 2.15. The molecule has 0 aliphatic carbocycles. The molecule has 7 nitrogen and oxygen atoms in total. The van der Waals surface area contributed by atoms with E-state index >= 15 is 0 Å². The molecule has 0 radical (unpaired) electrons. The van der Waals surface area contributed by atoms with Crippen molar-refractivity contribution in [1.82, 2.24) is 9.99 Å². The minimum Gasteiger partial charge on any atom is -0.317 e. The summed E-state index contributed by atoms with van der Waals surface area (Å²) in [7, 11) is 0. The van der Waals surface area contributed by atoms with Crippen molar-refractivity contribution in [3.05, 3.63) is 91.7 Å². The largest absolute Gasteiger partial charge is 0.317 e. The molecule has 1 N–H and O–H groups in total. The summed E-state index contributed by atoms with van der Waals surface area (Å²) in [5.74, 6) is -0.421. The first-order chi connectivity index (χ1) is 13.9. The lowest BCUT2D eigenvalue weighted by Crippen LogP contribution is -2.20. The van der Waals surface area contributed by atoms with Gasteiger partial charge < -0.3 is 4.57 Å². The van der Waals surface area contributed by atoms with Crippen LogP contribution in [0, 0.1) is 24.0 Å². The van der Waals surface area contributed by atoms with Gasteiger partial charge in [-0.1, -0.05) is 30.3 Å². The number of aromatic nitrogens is 1. The molecule has 0 spiro atoms. The van der Waals surface area contributed by atoms with Gasteiger partial charge in [0.25, 0.3) is 5.69 Å². The fraction of sp³-hybridized carbons (Fsp3) is 0.143. The van der Waals surface area contributed by atoms with E-state index in [2.05, 4.69) is 31.0 Å². The van der Waals surface area contributed by atoms with Crippen LogP contribution in [0.4, 0.5) is 5.69 Å². The Kier molecular flexibility index (Phi) is 6.23. The van der Waals surface area contributed by atoms with Crippen molar-refractivity contribution in [3.63, 3.8) is 0 Å². The predicted molar refractivity (Wildman–Crippen MR) is 115 cm³/mol. The van der Waals surface area contributed by atoms with Gasteiger partial charge in [0, 0.05) is 33.1 Å². The summed E-state index contributed by atoms with van der Waals surface area (Å²) in [5.41, 5.74) is 6.60. The number of carbonyl (C=O) groups is 1. The Balaban J connectivity index is 1.73. The van der Waals surface area contributed by atoms with Gasteiger partial charge in [0.05, 0.1) is 23.2 Å². The third-order valence-corrected chi connectivity index (χ3v) is 5.17. The average molecular weight is 455 g/mol. The van der Waals surface area contributed by atoms with E-state index in [0.29, 0.717) is 5.56 Å². The number of benzene rings is 2. The zero-order valence-corrected chi connectivity index (χ0v) is 17.5. The van der Waals surface area contributed by atoms with Crippen LogP contribution in [0.3, 0.4) is 0 Å². The van der Waals surface area contributed by atoms with E-state index in [0.717, 1.165) is 27.1 Å². The van der Waals surface area contributed by atoms with Crippen molar-refractivity contribution in [2.45, 2.75) is 20.3 Å². The van der Waals surface area contributed by atoms with E-state index in [1.807, 2.05) is 44.2 Å². The van der Waals surface area contributed by atoms with E-state index in [-0.39, 0.29) is 12.1 Å². The number of para-hydroxylation sites is 2. The number of nitrogens with zero attached hydrogens (tertiary/aromatic N) is 3. The topological polar surface area (TPSA) is 89.5 Å². The lowest BCUT2D eigenvalue weighted by molar-refractivity contribution is -0.385. The quantitative estimate of drug-likeness (QED) is 0.338. The van der Waals surface area contributed by atoms with Gasteiger partial charge in [0.15, 0.2) is 0 Å². The first-order valence-electron chi connectivity index (χ1n) is 8.86. The molecule has 3 rings (SSSR count). The van der Waals surface area contributed by atoms with E-state index in [4.69, 9.17) is 0 Å². The smallest absolute Gasteiger partial charge is 0.273 e. The predicted octanol–water partition coefficient (Wildman–Crippen LogP) is 4.46. The van der Waals surface area contributed by atoms with Crippen molar-refractivity contribution in [2.24, 2.45) is 5.10 Å². The molecule has 0 bridgehead atoms. The van der Waals surface area contributed by atoms with Gasteiger partial charge in [0.2, 0.25) is 5.91 Å². The van der Waals surface area contributed by atoms with Crippen molar-refractivity contribution in [2.75, 3.05) is 0 Å². The molecule has 0 saturated heterocycles. The highest BCUT2D eigenvalue weighted by Crippen LogP contribution is 2.26. The molecule has 8 heteroatoms. The molecule has 1 amide bonds. The molecular weight excluding hydrogens is 436 g/mol. The summed E-state index contributed by atoms with van der Waals surface area (Å²) in [6.07, 6.45) is 1.46. The fourth-order valence-corrected chi connectivity index (χ4v) is 3.61. The Bertz CT molecular complexity index is 1110. The maximum Gasteiger partial charge on any atom is 0.273 e. The maximum atomic E-state index is 12.1. The third kappa shape index (κ3) is 4.60. The second kappa shape index (κ2) is 8.83. The summed E-state index contributed by atoms with van der Waals surface area (Å²) >= 11 is 3.57. The molecule has 0 unspecified atom stereocenters. The second-order valence-electron chi connectivity index (χ2n) is 6.47. The number of nitro groups is 1. The molecular formula is C21H19BrN4O3. The van der Waals surface area contributed by atoms with Crippen LogP contribution < -0.4 is 5.43 Å². The number of rotatable bonds is 6. The Labute approximate surface area is 176 Å². The molecule has 1 aromatic heterocycles. The van der Waals surface area contributed by atoms with Crippen LogP contribution in [0.5, 0.6) is 0 Å². The van der Waals surface area contributed by atoms with Crippen LogP contribution in [0.15, 0.2) is 64.2 Å². The second-order valence-corrected chi connectivity index (χ2v) is 7.32. The highest BCUT2D eigenvalue weighted by atomic mass is 79.9. The van der Waals surface area contributed by atoms with Crippen LogP contribution in [-0.2, 0) is 11.2 Å². The summed E-state index contributed by atoms with van der Waals surface area (Å²) in [5, 5.41) is 15.1. The average Bonchev–Trinajstić information content (AvgIpc) is 2.96. The first kappa shape index (κ1) is 20.5. The summed E-state index contributed by atoms with van der Waals surface area (Å²) in [6, 6.07) is 16.1. The summed E-state index contributed by atoms with van der Waals surface area (Å²) in [4.78, 5) is 22.7. The lowest BCUT2D eigenvalue weighted by atomic mass is 10.1. The van der Waals surface area contributed by atoms with Gasteiger partial charge >= 0.3 is 0 Å². The van der Waals surface area contributed by atoms with Crippen LogP contribution in [0.1, 0.15) is 22.5 Å². The zero-order valence-electron chi connectivity index (χ0n) is 15.9. The van der Waals surface area contributed by atoms with Crippen LogP contribution in [-0.4, -0.2) is 21.6 Å².